The molecule has 1 aliphatic carbocycles. The summed E-state index contributed by atoms with van der Waals surface area (Å²) in [7, 11) is 0. The zero-order chi connectivity index (χ0) is 10.5. The van der Waals surface area contributed by atoms with Gasteiger partial charge in [0.1, 0.15) is 0 Å². The van der Waals surface area contributed by atoms with E-state index in [0.29, 0.717) is 6.10 Å². The minimum Gasteiger partial charge on any atom is -0.373 e. The molecule has 15 heavy (non-hydrogen) atoms. The predicted molar refractivity (Wildman–Crippen MR) is 62.7 cm³/mol. The van der Waals surface area contributed by atoms with Gasteiger partial charge in [-0.25, -0.2) is 0 Å². The van der Waals surface area contributed by atoms with Crippen LogP contribution >= 0.6 is 0 Å². The maximum absolute atomic E-state index is 5.98. The minimum atomic E-state index is 0.485. The van der Waals surface area contributed by atoms with E-state index in [4.69, 9.17) is 4.74 Å². The van der Waals surface area contributed by atoms with E-state index in [-0.39, 0.29) is 0 Å². The molecular weight excluding hydrogens is 184 g/mol. The molecule has 1 saturated carbocycles. The lowest BCUT2D eigenvalue weighted by atomic mass is 9.88. The highest BCUT2D eigenvalue weighted by atomic mass is 16.5. The highest BCUT2D eigenvalue weighted by molar-refractivity contribution is 5.13. The van der Waals surface area contributed by atoms with E-state index in [0.717, 1.165) is 12.5 Å². The number of hydrogen-bond acceptors (Lipinski definition) is 1. The fourth-order valence-electron chi connectivity index (χ4n) is 2.31. The number of hydrogen-bond donors (Lipinski definition) is 0. The van der Waals surface area contributed by atoms with Crippen LogP contribution in [0.4, 0.5) is 0 Å². The van der Waals surface area contributed by atoms with Gasteiger partial charge in [0.2, 0.25) is 0 Å². The Labute approximate surface area is 92.5 Å². The normalized spacial score (nSPS) is 26.5. The zero-order valence-corrected chi connectivity index (χ0v) is 9.49. The largest absolute Gasteiger partial charge is 0.373 e. The Hall–Kier alpha value is -0.820. The van der Waals surface area contributed by atoms with Crippen LogP contribution in [0.25, 0.3) is 0 Å². The van der Waals surface area contributed by atoms with Crippen molar-refractivity contribution in [3.05, 3.63) is 35.9 Å². The van der Waals surface area contributed by atoms with Crippen LogP contribution in [0.1, 0.15) is 38.2 Å². The van der Waals surface area contributed by atoms with E-state index in [2.05, 4.69) is 31.2 Å². The number of rotatable bonds is 3. The molecule has 0 unspecified atom stereocenters. The van der Waals surface area contributed by atoms with Crippen LogP contribution in [0.5, 0.6) is 0 Å². The van der Waals surface area contributed by atoms with Crippen LogP contribution in [0.2, 0.25) is 0 Å². The van der Waals surface area contributed by atoms with Crippen LogP contribution < -0.4 is 0 Å². The van der Waals surface area contributed by atoms with Gasteiger partial charge in [0, 0.05) is 0 Å². The molecular formula is C14H20O. The van der Waals surface area contributed by atoms with Crippen molar-refractivity contribution in [1.82, 2.24) is 0 Å². The van der Waals surface area contributed by atoms with Crippen molar-refractivity contribution < 1.29 is 4.74 Å². The third-order valence-corrected chi connectivity index (χ3v) is 3.34. The van der Waals surface area contributed by atoms with Gasteiger partial charge in [0.25, 0.3) is 0 Å². The molecule has 0 N–H and O–H groups in total. The van der Waals surface area contributed by atoms with Gasteiger partial charge in [0.15, 0.2) is 0 Å². The molecule has 0 aliphatic heterocycles. The van der Waals surface area contributed by atoms with Crippen molar-refractivity contribution in [3.8, 4) is 0 Å². The molecule has 1 heteroatoms. The number of benzene rings is 1. The molecule has 0 saturated heterocycles. The fraction of sp³-hybridized carbons (Fsp3) is 0.571. The Balaban J connectivity index is 1.82. The first-order valence-electron chi connectivity index (χ1n) is 6.02. The molecule has 82 valence electrons. The molecule has 1 aliphatic rings. The SMILES string of the molecule is C[C@@H]1CCCC[C@H]1OCc1ccccc1. The van der Waals surface area contributed by atoms with Crippen molar-refractivity contribution in [1.29, 1.82) is 0 Å². The Morgan fingerprint density at radius 1 is 1.13 bits per heavy atom. The molecule has 1 nitrogen and oxygen atoms in total. The molecule has 0 bridgehead atoms. The smallest absolute Gasteiger partial charge is 0.0720 e. The molecule has 2 rings (SSSR count). The molecule has 0 aromatic heterocycles. The minimum absolute atomic E-state index is 0.485. The second-order valence-electron chi connectivity index (χ2n) is 4.60. The lowest BCUT2D eigenvalue weighted by Crippen LogP contribution is -2.25. The van der Waals surface area contributed by atoms with Crippen molar-refractivity contribution in [3.63, 3.8) is 0 Å². The lowest BCUT2D eigenvalue weighted by molar-refractivity contribution is -0.0154. The van der Waals surface area contributed by atoms with Gasteiger partial charge in [0.05, 0.1) is 12.7 Å². The van der Waals surface area contributed by atoms with Gasteiger partial charge < -0.3 is 4.74 Å². The van der Waals surface area contributed by atoms with E-state index < -0.39 is 0 Å². The van der Waals surface area contributed by atoms with E-state index in [1.165, 1.54) is 31.2 Å². The van der Waals surface area contributed by atoms with E-state index >= 15 is 0 Å². The van der Waals surface area contributed by atoms with Crippen LogP contribution in [0.3, 0.4) is 0 Å². The van der Waals surface area contributed by atoms with Crippen LogP contribution in [0.15, 0.2) is 30.3 Å². The standard InChI is InChI=1S/C14H20O/c1-12-7-5-6-10-14(12)15-11-13-8-3-2-4-9-13/h2-4,8-9,12,14H,5-7,10-11H2,1H3/t12-,14-/m1/s1. The fourth-order valence-corrected chi connectivity index (χ4v) is 2.31. The van der Waals surface area contributed by atoms with Crippen LogP contribution in [0, 0.1) is 5.92 Å². The highest BCUT2D eigenvalue weighted by Crippen LogP contribution is 2.26. The quantitative estimate of drug-likeness (QED) is 0.728. The van der Waals surface area contributed by atoms with Gasteiger partial charge in [-0.15, -0.1) is 0 Å². The maximum atomic E-state index is 5.98. The first kappa shape index (κ1) is 10.7. The van der Waals surface area contributed by atoms with Crippen LogP contribution in [-0.4, -0.2) is 6.10 Å². The summed E-state index contributed by atoms with van der Waals surface area (Å²) in [6.45, 7) is 3.09. The lowest BCUT2D eigenvalue weighted by Gasteiger charge is -2.28. The van der Waals surface area contributed by atoms with E-state index in [9.17, 15) is 0 Å². The third kappa shape index (κ3) is 3.07. The Morgan fingerprint density at radius 2 is 1.87 bits per heavy atom. The second-order valence-corrected chi connectivity index (χ2v) is 4.60. The summed E-state index contributed by atoms with van der Waals surface area (Å²) >= 11 is 0. The van der Waals surface area contributed by atoms with Gasteiger partial charge in [-0.05, 0) is 24.3 Å². The summed E-state index contributed by atoms with van der Waals surface area (Å²) in [6, 6.07) is 10.5. The molecule has 0 spiro atoms. The van der Waals surface area contributed by atoms with Crippen molar-refractivity contribution in [2.75, 3.05) is 0 Å². The summed E-state index contributed by atoms with van der Waals surface area (Å²) in [5.41, 5.74) is 1.29. The average Bonchev–Trinajstić information content (AvgIpc) is 2.29. The number of ether oxygens (including phenoxy) is 1. The van der Waals surface area contributed by atoms with Crippen molar-refractivity contribution >= 4 is 0 Å². The van der Waals surface area contributed by atoms with Crippen molar-refractivity contribution in [2.24, 2.45) is 5.92 Å². The van der Waals surface area contributed by atoms with Gasteiger partial charge in [-0.1, -0.05) is 50.1 Å². The Morgan fingerprint density at radius 3 is 2.60 bits per heavy atom. The molecule has 1 aromatic rings. The van der Waals surface area contributed by atoms with Gasteiger partial charge in [-0.3, -0.25) is 0 Å². The molecule has 1 aromatic carbocycles. The molecule has 0 amide bonds. The maximum Gasteiger partial charge on any atom is 0.0720 e. The highest BCUT2D eigenvalue weighted by Gasteiger charge is 2.21. The predicted octanol–water partition coefficient (Wildman–Crippen LogP) is 3.78. The molecule has 0 radical (unpaired) electrons. The summed E-state index contributed by atoms with van der Waals surface area (Å²) in [4.78, 5) is 0. The molecule has 0 heterocycles. The Bertz CT molecular complexity index is 281. The first-order valence-corrected chi connectivity index (χ1v) is 6.02. The second kappa shape index (κ2) is 5.32. The summed E-state index contributed by atoms with van der Waals surface area (Å²) in [5.74, 6) is 0.738. The van der Waals surface area contributed by atoms with Gasteiger partial charge >= 0.3 is 0 Å². The molecule has 1 fully saturated rings. The zero-order valence-electron chi connectivity index (χ0n) is 9.49. The van der Waals surface area contributed by atoms with Crippen LogP contribution in [-0.2, 0) is 11.3 Å². The first-order chi connectivity index (χ1) is 7.36. The van der Waals surface area contributed by atoms with Crippen molar-refractivity contribution in [2.45, 2.75) is 45.3 Å². The van der Waals surface area contributed by atoms with E-state index in [1.807, 2.05) is 6.07 Å². The van der Waals surface area contributed by atoms with E-state index in [1.54, 1.807) is 0 Å². The average molecular weight is 204 g/mol. The summed E-state index contributed by atoms with van der Waals surface area (Å²) in [6.07, 6.45) is 5.78. The summed E-state index contributed by atoms with van der Waals surface area (Å²) < 4.78 is 5.98. The molecule has 2 atom stereocenters. The third-order valence-electron chi connectivity index (χ3n) is 3.34. The Kier molecular flexibility index (Phi) is 3.79. The van der Waals surface area contributed by atoms with Gasteiger partial charge in [-0.2, -0.15) is 0 Å². The monoisotopic (exact) mass is 204 g/mol. The topological polar surface area (TPSA) is 9.23 Å². The summed E-state index contributed by atoms with van der Waals surface area (Å²) in [5, 5.41) is 0.